The van der Waals surface area contributed by atoms with Crippen molar-refractivity contribution in [3.8, 4) is 0 Å². The highest BCUT2D eigenvalue weighted by molar-refractivity contribution is 7.89. The predicted octanol–water partition coefficient (Wildman–Crippen LogP) is 3.52. The number of Topliss-reactive ketones (excluding diaryl/α,β-unsaturated/α-hetero) is 1. The third-order valence-electron chi connectivity index (χ3n) is 4.10. The van der Waals surface area contributed by atoms with Crippen molar-refractivity contribution in [3.05, 3.63) is 48.0 Å². The maximum atomic E-state index is 12.2. The fourth-order valence-corrected chi connectivity index (χ4v) is 3.37. The molecule has 7 heteroatoms. The SMILES string of the molecule is CCCCN(C)c1cc(C(C)=O)cc(S(N)(=O)=O)c1Nc1ccccc1. The van der Waals surface area contributed by atoms with Crippen molar-refractivity contribution in [2.75, 3.05) is 23.8 Å². The molecule has 6 nitrogen and oxygen atoms in total. The first kappa shape index (κ1) is 19.9. The quantitative estimate of drug-likeness (QED) is 0.689. The Kier molecular flexibility index (Phi) is 6.39. The number of primary sulfonamides is 1. The van der Waals surface area contributed by atoms with Crippen LogP contribution in [0, 0.1) is 0 Å². The van der Waals surface area contributed by atoms with Crippen molar-refractivity contribution in [3.63, 3.8) is 0 Å². The summed E-state index contributed by atoms with van der Waals surface area (Å²) in [4.78, 5) is 13.8. The molecular weight excluding hydrogens is 350 g/mol. The molecule has 26 heavy (non-hydrogen) atoms. The lowest BCUT2D eigenvalue weighted by molar-refractivity contribution is 0.101. The van der Waals surface area contributed by atoms with Crippen LogP contribution in [0.4, 0.5) is 17.1 Å². The van der Waals surface area contributed by atoms with Gasteiger partial charge in [0.1, 0.15) is 4.90 Å². The molecule has 0 atom stereocenters. The molecule has 0 amide bonds. The molecule has 0 aliphatic heterocycles. The average molecular weight is 375 g/mol. The van der Waals surface area contributed by atoms with Crippen LogP contribution in [0.25, 0.3) is 0 Å². The number of nitrogens with zero attached hydrogens (tertiary/aromatic N) is 1. The van der Waals surface area contributed by atoms with Crippen LogP contribution in [-0.2, 0) is 10.0 Å². The van der Waals surface area contributed by atoms with Gasteiger partial charge in [-0.15, -0.1) is 0 Å². The average Bonchev–Trinajstić information content (AvgIpc) is 2.59. The van der Waals surface area contributed by atoms with E-state index in [-0.39, 0.29) is 10.7 Å². The molecular formula is C19H25N3O3S. The number of hydrogen-bond acceptors (Lipinski definition) is 5. The van der Waals surface area contributed by atoms with Crippen LogP contribution in [-0.4, -0.2) is 27.8 Å². The van der Waals surface area contributed by atoms with Crippen LogP contribution in [0.5, 0.6) is 0 Å². The van der Waals surface area contributed by atoms with Crippen LogP contribution in [0.3, 0.4) is 0 Å². The molecule has 140 valence electrons. The van der Waals surface area contributed by atoms with E-state index in [1.165, 1.54) is 13.0 Å². The number of para-hydroxylation sites is 1. The van der Waals surface area contributed by atoms with E-state index in [4.69, 9.17) is 5.14 Å². The molecule has 0 spiro atoms. The molecule has 0 unspecified atom stereocenters. The first-order valence-corrected chi connectivity index (χ1v) is 10.0. The largest absolute Gasteiger partial charge is 0.373 e. The number of nitrogens with two attached hydrogens (primary N) is 1. The smallest absolute Gasteiger partial charge is 0.240 e. The highest BCUT2D eigenvalue weighted by Crippen LogP contribution is 2.36. The Balaban J connectivity index is 2.68. The number of hydrogen-bond donors (Lipinski definition) is 2. The zero-order chi connectivity index (χ0) is 19.3. The van der Waals surface area contributed by atoms with E-state index < -0.39 is 10.0 Å². The number of rotatable bonds is 8. The fourth-order valence-electron chi connectivity index (χ4n) is 2.64. The summed E-state index contributed by atoms with van der Waals surface area (Å²) in [5, 5.41) is 8.61. The Morgan fingerprint density at radius 3 is 2.38 bits per heavy atom. The van der Waals surface area contributed by atoms with Crippen molar-refractivity contribution in [1.82, 2.24) is 0 Å². The number of benzene rings is 2. The van der Waals surface area contributed by atoms with Crippen LogP contribution >= 0.6 is 0 Å². The molecule has 2 rings (SSSR count). The third-order valence-corrected chi connectivity index (χ3v) is 5.03. The molecule has 0 bridgehead atoms. The highest BCUT2D eigenvalue weighted by atomic mass is 32.2. The zero-order valence-electron chi connectivity index (χ0n) is 15.3. The zero-order valence-corrected chi connectivity index (χ0v) is 16.1. The second-order valence-electron chi connectivity index (χ2n) is 6.24. The summed E-state index contributed by atoms with van der Waals surface area (Å²) in [7, 11) is -2.15. The van der Waals surface area contributed by atoms with E-state index in [1.54, 1.807) is 6.07 Å². The number of carbonyl (C=O) groups is 1. The number of anilines is 3. The summed E-state index contributed by atoms with van der Waals surface area (Å²) in [6.07, 6.45) is 1.94. The highest BCUT2D eigenvalue weighted by Gasteiger charge is 2.22. The Hall–Kier alpha value is -2.38. The van der Waals surface area contributed by atoms with Crippen molar-refractivity contribution in [2.45, 2.75) is 31.6 Å². The molecule has 0 heterocycles. The maximum absolute atomic E-state index is 12.2. The summed E-state index contributed by atoms with van der Waals surface area (Å²) in [5.41, 5.74) is 2.05. The van der Waals surface area contributed by atoms with Crippen molar-refractivity contribution < 1.29 is 13.2 Å². The monoisotopic (exact) mass is 375 g/mol. The first-order valence-electron chi connectivity index (χ1n) is 8.49. The second-order valence-corrected chi connectivity index (χ2v) is 7.77. The minimum absolute atomic E-state index is 0.0904. The summed E-state index contributed by atoms with van der Waals surface area (Å²) in [6.45, 7) is 4.21. The Bertz CT molecular complexity index is 880. The lowest BCUT2D eigenvalue weighted by Gasteiger charge is -2.25. The molecule has 0 saturated carbocycles. The number of carbonyl (C=O) groups excluding carboxylic acids is 1. The summed E-state index contributed by atoms with van der Waals surface area (Å²) < 4.78 is 24.4. The van der Waals surface area contributed by atoms with Gasteiger partial charge in [0.25, 0.3) is 0 Å². The lowest BCUT2D eigenvalue weighted by Crippen LogP contribution is -2.22. The predicted molar refractivity (Wildman–Crippen MR) is 106 cm³/mol. The van der Waals surface area contributed by atoms with Gasteiger partial charge in [0.2, 0.25) is 10.0 Å². The van der Waals surface area contributed by atoms with E-state index >= 15 is 0 Å². The van der Waals surface area contributed by atoms with Crippen molar-refractivity contribution in [2.24, 2.45) is 5.14 Å². The van der Waals surface area contributed by atoms with Gasteiger partial charge in [0, 0.05) is 24.8 Å². The molecule has 0 aliphatic rings. The molecule has 0 radical (unpaired) electrons. The minimum atomic E-state index is -4.03. The molecule has 0 aromatic heterocycles. The van der Waals surface area contributed by atoms with Crippen LogP contribution in [0.2, 0.25) is 0 Å². The van der Waals surface area contributed by atoms with E-state index in [1.807, 2.05) is 42.3 Å². The normalized spacial score (nSPS) is 11.2. The fraction of sp³-hybridized carbons (Fsp3) is 0.316. The number of sulfonamides is 1. The van der Waals surface area contributed by atoms with Gasteiger partial charge >= 0.3 is 0 Å². The Morgan fingerprint density at radius 1 is 1.19 bits per heavy atom. The Labute approximate surface area is 155 Å². The van der Waals surface area contributed by atoms with Gasteiger partial charge in [-0.2, -0.15) is 0 Å². The molecule has 0 saturated heterocycles. The van der Waals surface area contributed by atoms with E-state index in [0.29, 0.717) is 16.9 Å². The van der Waals surface area contributed by atoms with Gasteiger partial charge in [0.05, 0.1) is 11.4 Å². The standard InChI is InChI=1S/C19H25N3O3S/c1-4-5-11-22(3)17-12-15(14(2)23)13-18(26(20,24)25)19(17)21-16-9-7-6-8-10-16/h6-10,12-13,21H,4-5,11H2,1-3H3,(H2,20,24,25). The summed E-state index contributed by atoms with van der Waals surface area (Å²) >= 11 is 0. The lowest BCUT2D eigenvalue weighted by atomic mass is 10.1. The first-order chi connectivity index (χ1) is 12.2. The summed E-state index contributed by atoms with van der Waals surface area (Å²) in [5.74, 6) is -0.216. The van der Waals surface area contributed by atoms with Gasteiger partial charge in [-0.05, 0) is 37.6 Å². The second kappa shape index (κ2) is 8.33. The van der Waals surface area contributed by atoms with Crippen molar-refractivity contribution >= 4 is 32.9 Å². The maximum Gasteiger partial charge on any atom is 0.240 e. The van der Waals surface area contributed by atoms with E-state index in [9.17, 15) is 13.2 Å². The van der Waals surface area contributed by atoms with Gasteiger partial charge in [0.15, 0.2) is 5.78 Å². The van der Waals surface area contributed by atoms with Gasteiger partial charge in [-0.3, -0.25) is 4.79 Å². The molecule has 2 aromatic rings. The van der Waals surface area contributed by atoms with Gasteiger partial charge in [-0.25, -0.2) is 13.6 Å². The van der Waals surface area contributed by atoms with E-state index in [2.05, 4.69) is 12.2 Å². The van der Waals surface area contributed by atoms with Crippen molar-refractivity contribution in [1.29, 1.82) is 0 Å². The molecule has 3 N–H and O–H groups in total. The van der Waals surface area contributed by atoms with Crippen LogP contribution < -0.4 is 15.4 Å². The molecule has 0 fully saturated rings. The van der Waals surface area contributed by atoms with Gasteiger partial charge < -0.3 is 10.2 Å². The molecule has 2 aromatic carbocycles. The Morgan fingerprint density at radius 2 is 1.85 bits per heavy atom. The van der Waals surface area contributed by atoms with Gasteiger partial charge in [-0.1, -0.05) is 31.5 Å². The number of nitrogens with one attached hydrogen (secondary N) is 1. The summed E-state index contributed by atoms with van der Waals surface area (Å²) in [6, 6.07) is 12.3. The molecule has 0 aliphatic carbocycles. The van der Waals surface area contributed by atoms with Crippen LogP contribution in [0.1, 0.15) is 37.0 Å². The topological polar surface area (TPSA) is 92.5 Å². The van der Waals surface area contributed by atoms with E-state index in [0.717, 1.165) is 25.1 Å². The third kappa shape index (κ3) is 4.83. The number of ketones is 1. The number of unbranched alkanes of at least 4 members (excludes halogenated alkanes) is 1. The van der Waals surface area contributed by atoms with Crippen LogP contribution in [0.15, 0.2) is 47.4 Å². The minimum Gasteiger partial charge on any atom is -0.373 e.